The van der Waals surface area contributed by atoms with Crippen LogP contribution in [0, 0.1) is 0 Å². The van der Waals surface area contributed by atoms with Crippen molar-refractivity contribution in [2.24, 2.45) is 0 Å². The van der Waals surface area contributed by atoms with E-state index in [1.54, 1.807) is 24.3 Å². The third-order valence-electron chi connectivity index (χ3n) is 3.41. The number of aromatic carboxylic acids is 1. The van der Waals surface area contributed by atoms with Crippen molar-refractivity contribution in [3.05, 3.63) is 35.4 Å². The van der Waals surface area contributed by atoms with Crippen molar-refractivity contribution in [1.29, 1.82) is 0 Å². The highest BCUT2D eigenvalue weighted by Gasteiger charge is 2.23. The Kier molecular flexibility index (Phi) is 4.42. The van der Waals surface area contributed by atoms with E-state index in [9.17, 15) is 13.2 Å². The van der Waals surface area contributed by atoms with Gasteiger partial charge in [0.15, 0.2) is 0 Å². The molecule has 1 aromatic carbocycles. The highest BCUT2D eigenvalue weighted by Crippen LogP contribution is 2.11. The molecule has 1 aromatic rings. The summed E-state index contributed by atoms with van der Waals surface area (Å²) in [6, 6.07) is 6.77. The Hall–Kier alpha value is -1.44. The fourth-order valence-electron chi connectivity index (χ4n) is 2.23. The Balaban J connectivity index is 1.91. The SMILES string of the molecule is CS(=O)(=O)N1CCN(Cc2ccc(C(=O)O)cc2)CC1. The van der Waals surface area contributed by atoms with E-state index in [2.05, 4.69) is 4.90 Å². The van der Waals surface area contributed by atoms with Crippen LogP contribution >= 0.6 is 0 Å². The first-order valence-corrected chi connectivity index (χ1v) is 8.21. The quantitative estimate of drug-likeness (QED) is 0.874. The van der Waals surface area contributed by atoms with Crippen molar-refractivity contribution < 1.29 is 18.3 Å². The van der Waals surface area contributed by atoms with Crippen LogP contribution in [0.3, 0.4) is 0 Å². The predicted molar refractivity (Wildman–Crippen MR) is 75.1 cm³/mol. The van der Waals surface area contributed by atoms with Crippen LogP contribution in [0.4, 0.5) is 0 Å². The first kappa shape index (κ1) is 15.0. The zero-order chi connectivity index (χ0) is 14.8. The van der Waals surface area contributed by atoms with Crippen molar-refractivity contribution in [2.75, 3.05) is 32.4 Å². The molecular weight excluding hydrogens is 280 g/mol. The number of rotatable bonds is 4. The number of carbonyl (C=O) groups is 1. The standard InChI is InChI=1S/C13H18N2O4S/c1-20(18,19)15-8-6-14(7-9-15)10-11-2-4-12(5-3-11)13(16)17/h2-5H,6-10H2,1H3,(H,16,17). The van der Waals surface area contributed by atoms with Gasteiger partial charge in [0.2, 0.25) is 10.0 Å². The summed E-state index contributed by atoms with van der Waals surface area (Å²) in [5, 5.41) is 8.83. The lowest BCUT2D eigenvalue weighted by molar-refractivity contribution is 0.0697. The summed E-state index contributed by atoms with van der Waals surface area (Å²) in [7, 11) is -3.10. The number of hydrogen-bond donors (Lipinski definition) is 1. The molecule has 1 aliphatic heterocycles. The summed E-state index contributed by atoms with van der Waals surface area (Å²) >= 11 is 0. The molecule has 0 bridgehead atoms. The van der Waals surface area contributed by atoms with E-state index in [-0.39, 0.29) is 5.56 Å². The van der Waals surface area contributed by atoms with Gasteiger partial charge in [-0.15, -0.1) is 0 Å². The molecule has 1 saturated heterocycles. The highest BCUT2D eigenvalue weighted by atomic mass is 32.2. The van der Waals surface area contributed by atoms with Crippen LogP contribution < -0.4 is 0 Å². The second-order valence-corrected chi connectivity index (χ2v) is 6.92. The summed E-state index contributed by atoms with van der Waals surface area (Å²) in [4.78, 5) is 12.9. The van der Waals surface area contributed by atoms with Crippen molar-refractivity contribution >= 4 is 16.0 Å². The smallest absolute Gasteiger partial charge is 0.335 e. The van der Waals surface area contributed by atoms with Crippen molar-refractivity contribution in [1.82, 2.24) is 9.21 Å². The molecule has 0 aliphatic carbocycles. The highest BCUT2D eigenvalue weighted by molar-refractivity contribution is 7.88. The van der Waals surface area contributed by atoms with Crippen LogP contribution in [-0.2, 0) is 16.6 Å². The number of sulfonamides is 1. The average Bonchev–Trinajstić information content (AvgIpc) is 2.39. The molecule has 1 fully saturated rings. The summed E-state index contributed by atoms with van der Waals surface area (Å²) in [5.74, 6) is -0.932. The molecular formula is C13H18N2O4S. The second kappa shape index (κ2) is 5.90. The number of hydrogen-bond acceptors (Lipinski definition) is 4. The topological polar surface area (TPSA) is 77.9 Å². The van der Waals surface area contributed by atoms with Gasteiger partial charge in [-0.05, 0) is 17.7 Å². The van der Waals surface area contributed by atoms with Gasteiger partial charge in [-0.25, -0.2) is 13.2 Å². The van der Waals surface area contributed by atoms with Crippen LogP contribution in [0.15, 0.2) is 24.3 Å². The molecule has 1 N–H and O–H groups in total. The molecule has 0 amide bonds. The largest absolute Gasteiger partial charge is 0.478 e. The van der Waals surface area contributed by atoms with Gasteiger partial charge in [-0.1, -0.05) is 12.1 Å². The number of nitrogens with zero attached hydrogens (tertiary/aromatic N) is 2. The maximum absolute atomic E-state index is 11.4. The van der Waals surface area contributed by atoms with Crippen molar-refractivity contribution in [3.8, 4) is 0 Å². The lowest BCUT2D eigenvalue weighted by atomic mass is 10.1. The third-order valence-corrected chi connectivity index (χ3v) is 4.71. The molecule has 7 heteroatoms. The molecule has 0 radical (unpaired) electrons. The zero-order valence-electron chi connectivity index (χ0n) is 11.3. The van der Waals surface area contributed by atoms with Gasteiger partial charge in [0.25, 0.3) is 0 Å². The minimum absolute atomic E-state index is 0.274. The summed E-state index contributed by atoms with van der Waals surface area (Å²) < 4.78 is 24.3. The maximum atomic E-state index is 11.4. The Morgan fingerprint density at radius 2 is 1.70 bits per heavy atom. The molecule has 1 heterocycles. The fourth-order valence-corrected chi connectivity index (χ4v) is 3.06. The monoisotopic (exact) mass is 298 g/mol. The van der Waals surface area contributed by atoms with Crippen LogP contribution in [0.2, 0.25) is 0 Å². The lowest BCUT2D eigenvalue weighted by Gasteiger charge is -2.33. The molecule has 0 unspecified atom stereocenters. The molecule has 6 nitrogen and oxygen atoms in total. The molecule has 0 spiro atoms. The van der Waals surface area contributed by atoms with Crippen LogP contribution in [0.25, 0.3) is 0 Å². The van der Waals surface area contributed by atoms with Crippen LogP contribution in [0.5, 0.6) is 0 Å². The Bertz CT molecular complexity index is 575. The number of carboxylic acid groups (broad SMARTS) is 1. The van der Waals surface area contributed by atoms with Crippen molar-refractivity contribution in [2.45, 2.75) is 6.54 Å². The van der Waals surface area contributed by atoms with E-state index in [0.29, 0.717) is 32.7 Å². The van der Waals surface area contributed by atoms with Crippen LogP contribution in [-0.4, -0.2) is 61.1 Å². The third kappa shape index (κ3) is 3.78. The van der Waals surface area contributed by atoms with Gasteiger partial charge >= 0.3 is 5.97 Å². The van der Waals surface area contributed by atoms with Crippen LogP contribution in [0.1, 0.15) is 15.9 Å². The normalized spacial score (nSPS) is 18.1. The molecule has 0 atom stereocenters. The van der Waals surface area contributed by atoms with Gasteiger partial charge in [0.1, 0.15) is 0 Å². The number of benzene rings is 1. The molecule has 0 aromatic heterocycles. The van der Waals surface area contributed by atoms with E-state index >= 15 is 0 Å². The molecule has 0 saturated carbocycles. The average molecular weight is 298 g/mol. The van der Waals surface area contributed by atoms with Gasteiger partial charge in [0, 0.05) is 32.7 Å². The van der Waals surface area contributed by atoms with E-state index in [4.69, 9.17) is 5.11 Å². The Morgan fingerprint density at radius 1 is 1.15 bits per heavy atom. The summed E-state index contributed by atoms with van der Waals surface area (Å²) in [6.07, 6.45) is 1.23. The van der Waals surface area contributed by atoms with Crippen molar-refractivity contribution in [3.63, 3.8) is 0 Å². The molecule has 20 heavy (non-hydrogen) atoms. The number of piperazine rings is 1. The van der Waals surface area contributed by atoms with Gasteiger partial charge in [-0.3, -0.25) is 4.90 Å². The molecule has 2 rings (SSSR count). The lowest BCUT2D eigenvalue weighted by Crippen LogP contribution is -2.47. The van der Waals surface area contributed by atoms with Gasteiger partial charge < -0.3 is 5.11 Å². The zero-order valence-corrected chi connectivity index (χ0v) is 12.1. The second-order valence-electron chi connectivity index (χ2n) is 4.94. The minimum Gasteiger partial charge on any atom is -0.478 e. The fraction of sp³-hybridized carbons (Fsp3) is 0.462. The predicted octanol–water partition coefficient (Wildman–Crippen LogP) is 0.462. The summed E-state index contributed by atoms with van der Waals surface area (Å²) in [5.41, 5.74) is 1.30. The first-order chi connectivity index (χ1) is 9.36. The number of carboxylic acids is 1. The first-order valence-electron chi connectivity index (χ1n) is 6.36. The van der Waals surface area contributed by atoms with Gasteiger partial charge in [-0.2, -0.15) is 4.31 Å². The molecule has 110 valence electrons. The van der Waals surface area contributed by atoms with E-state index in [0.717, 1.165) is 5.56 Å². The Labute approximate surface area is 118 Å². The van der Waals surface area contributed by atoms with E-state index in [1.807, 2.05) is 0 Å². The van der Waals surface area contributed by atoms with E-state index < -0.39 is 16.0 Å². The summed E-state index contributed by atoms with van der Waals surface area (Å²) in [6.45, 7) is 3.09. The maximum Gasteiger partial charge on any atom is 0.335 e. The van der Waals surface area contributed by atoms with E-state index in [1.165, 1.54) is 10.6 Å². The Morgan fingerprint density at radius 3 is 2.15 bits per heavy atom. The van der Waals surface area contributed by atoms with Gasteiger partial charge in [0.05, 0.1) is 11.8 Å². The minimum atomic E-state index is -3.10. The molecule has 1 aliphatic rings.